The lowest BCUT2D eigenvalue weighted by Crippen LogP contribution is -2.48. The number of hydrogen-bond acceptors (Lipinski definition) is 8. The Bertz CT molecular complexity index is 1600. The van der Waals surface area contributed by atoms with Crippen LogP contribution in [0.5, 0.6) is 5.75 Å². The fourth-order valence-corrected chi connectivity index (χ4v) is 6.68. The van der Waals surface area contributed by atoms with Gasteiger partial charge in [-0.1, -0.05) is 53.8 Å². The van der Waals surface area contributed by atoms with Crippen molar-refractivity contribution in [2.75, 3.05) is 44.7 Å². The minimum atomic E-state index is -3.95. The summed E-state index contributed by atoms with van der Waals surface area (Å²) in [6.45, 7) is 1.36. The van der Waals surface area contributed by atoms with E-state index in [2.05, 4.69) is 4.90 Å². The Morgan fingerprint density at radius 3 is 2.40 bits per heavy atom. The van der Waals surface area contributed by atoms with Gasteiger partial charge >= 0.3 is 5.97 Å². The molecule has 0 radical (unpaired) electrons. The van der Waals surface area contributed by atoms with Crippen LogP contribution in [0.3, 0.4) is 0 Å². The Balaban J connectivity index is 1.36. The number of thiazole rings is 1. The molecule has 1 fully saturated rings. The van der Waals surface area contributed by atoms with E-state index in [1.54, 1.807) is 16.2 Å². The van der Waals surface area contributed by atoms with Gasteiger partial charge in [0.05, 0.1) is 20.7 Å². The van der Waals surface area contributed by atoms with E-state index in [0.29, 0.717) is 26.2 Å². The van der Waals surface area contributed by atoms with Gasteiger partial charge in [-0.25, -0.2) is 18.2 Å². The molecule has 208 valence electrons. The molecule has 4 aromatic rings. The molecule has 1 aromatic heterocycles. The van der Waals surface area contributed by atoms with Crippen LogP contribution in [0.2, 0.25) is 0 Å². The highest BCUT2D eigenvalue weighted by Crippen LogP contribution is 2.30. The van der Waals surface area contributed by atoms with Crippen molar-refractivity contribution >= 4 is 48.6 Å². The zero-order valence-corrected chi connectivity index (χ0v) is 23.4. The molecule has 3 aromatic carbocycles. The van der Waals surface area contributed by atoms with E-state index < -0.39 is 28.5 Å². The lowest BCUT2D eigenvalue weighted by atomic mass is 10.1. The molecule has 1 aliphatic rings. The summed E-state index contributed by atoms with van der Waals surface area (Å²) >= 11 is 1.59. The van der Waals surface area contributed by atoms with E-state index in [9.17, 15) is 18.0 Å². The highest BCUT2D eigenvalue weighted by Gasteiger charge is 2.29. The summed E-state index contributed by atoms with van der Waals surface area (Å²) in [6, 6.07) is 21.0. The van der Waals surface area contributed by atoms with Crippen molar-refractivity contribution in [3.8, 4) is 5.75 Å². The molecular weight excluding hydrogens is 552 g/mol. The maximum Gasteiger partial charge on any atom is 0.341 e. The molecule has 1 saturated heterocycles. The van der Waals surface area contributed by atoms with E-state index in [1.807, 2.05) is 54.6 Å². The van der Waals surface area contributed by atoms with E-state index >= 15 is 0 Å². The lowest BCUT2D eigenvalue weighted by Gasteiger charge is -2.34. The van der Waals surface area contributed by atoms with Crippen LogP contribution in [0.4, 0.5) is 5.13 Å². The second kappa shape index (κ2) is 11.6. The number of anilines is 1. The largest absolute Gasteiger partial charge is 0.481 e. The molecule has 40 heavy (non-hydrogen) atoms. The van der Waals surface area contributed by atoms with Crippen molar-refractivity contribution in [1.82, 2.24) is 14.2 Å². The number of amides is 1. The molecule has 0 saturated carbocycles. The summed E-state index contributed by atoms with van der Waals surface area (Å²) in [6.07, 6.45) is 0. The minimum absolute atomic E-state index is 0.00359. The first-order chi connectivity index (χ1) is 19.2. The smallest absolute Gasteiger partial charge is 0.341 e. The summed E-state index contributed by atoms with van der Waals surface area (Å²) in [5.74, 6) is -1.61. The van der Waals surface area contributed by atoms with E-state index in [0.717, 1.165) is 20.9 Å². The van der Waals surface area contributed by atoms with E-state index in [1.165, 1.54) is 29.6 Å². The van der Waals surface area contributed by atoms with Gasteiger partial charge in [0.25, 0.3) is 5.91 Å². The Morgan fingerprint density at radius 1 is 1.00 bits per heavy atom. The third-order valence-electron chi connectivity index (χ3n) is 6.61. The van der Waals surface area contributed by atoms with Crippen LogP contribution in [-0.4, -0.2) is 79.4 Å². The van der Waals surface area contributed by atoms with Gasteiger partial charge in [0.15, 0.2) is 11.7 Å². The van der Waals surface area contributed by atoms with Crippen LogP contribution in [0.25, 0.3) is 10.2 Å². The first kappa shape index (κ1) is 27.6. The Hall–Kier alpha value is -4.00. The highest BCUT2D eigenvalue weighted by molar-refractivity contribution is 7.89. The van der Waals surface area contributed by atoms with Crippen molar-refractivity contribution in [2.45, 2.75) is 11.4 Å². The number of aliphatic carboxylic acids is 1. The monoisotopic (exact) mass is 580 g/mol. The zero-order chi connectivity index (χ0) is 28.3. The first-order valence-electron chi connectivity index (χ1n) is 12.6. The molecule has 0 spiro atoms. The molecule has 0 bridgehead atoms. The number of benzene rings is 3. The Morgan fingerprint density at radius 2 is 1.70 bits per heavy atom. The number of para-hydroxylation sites is 1. The molecule has 0 atom stereocenters. The standard InChI is InChI=1S/C28H28N4O6S2/c1-30(18-20-7-3-2-4-8-20)40(36,37)21-11-12-24(38-19-26(33)34)22(17-21)27(35)31-13-15-32(16-14-31)28-29-23-9-5-6-10-25(23)39-28/h2-12,17H,13-16,18-19H2,1H3,(H,33,34). The second-order valence-electron chi connectivity index (χ2n) is 9.33. The van der Waals surface area contributed by atoms with Crippen LogP contribution < -0.4 is 9.64 Å². The average Bonchev–Trinajstić information content (AvgIpc) is 3.40. The van der Waals surface area contributed by atoms with Gasteiger partial charge in [-0.15, -0.1) is 0 Å². The number of carboxylic acid groups (broad SMARTS) is 1. The molecule has 2 heterocycles. The second-order valence-corrected chi connectivity index (χ2v) is 12.4. The predicted octanol–water partition coefficient (Wildman–Crippen LogP) is 3.54. The molecule has 10 nitrogen and oxygen atoms in total. The van der Waals surface area contributed by atoms with Gasteiger partial charge in [0, 0.05) is 39.8 Å². The maximum absolute atomic E-state index is 13.6. The van der Waals surface area contributed by atoms with Crippen molar-refractivity contribution in [1.29, 1.82) is 0 Å². The van der Waals surface area contributed by atoms with Gasteiger partial charge in [0.1, 0.15) is 5.75 Å². The Labute approximate surface area is 236 Å². The van der Waals surface area contributed by atoms with Crippen LogP contribution in [0.15, 0.2) is 77.7 Å². The third kappa shape index (κ3) is 5.93. The summed E-state index contributed by atoms with van der Waals surface area (Å²) < 4.78 is 34.5. The maximum atomic E-state index is 13.6. The van der Waals surface area contributed by atoms with Crippen LogP contribution in [-0.2, 0) is 21.4 Å². The number of fused-ring (bicyclic) bond motifs is 1. The lowest BCUT2D eigenvalue weighted by molar-refractivity contribution is -0.139. The predicted molar refractivity (Wildman–Crippen MR) is 152 cm³/mol. The molecule has 1 aliphatic heterocycles. The molecule has 5 rings (SSSR count). The molecular formula is C28H28N4O6S2. The highest BCUT2D eigenvalue weighted by atomic mass is 32.2. The zero-order valence-electron chi connectivity index (χ0n) is 21.8. The van der Waals surface area contributed by atoms with Gasteiger partial charge in [-0.3, -0.25) is 4.79 Å². The number of piperazine rings is 1. The molecule has 1 amide bonds. The Kier molecular flexibility index (Phi) is 8.01. The van der Waals surface area contributed by atoms with Crippen LogP contribution in [0, 0.1) is 0 Å². The molecule has 0 aliphatic carbocycles. The first-order valence-corrected chi connectivity index (χ1v) is 14.9. The average molecular weight is 581 g/mol. The number of hydrogen-bond donors (Lipinski definition) is 1. The number of carbonyl (C=O) groups excluding carboxylic acids is 1. The van der Waals surface area contributed by atoms with Gasteiger partial charge < -0.3 is 19.6 Å². The van der Waals surface area contributed by atoms with Crippen molar-refractivity contribution in [3.05, 3.63) is 83.9 Å². The number of sulfonamides is 1. The van der Waals surface area contributed by atoms with Gasteiger partial charge in [-0.05, 0) is 35.9 Å². The van der Waals surface area contributed by atoms with Crippen molar-refractivity contribution in [3.63, 3.8) is 0 Å². The molecule has 12 heteroatoms. The number of aromatic nitrogens is 1. The SMILES string of the molecule is CN(Cc1ccccc1)S(=O)(=O)c1ccc(OCC(=O)O)c(C(=O)N2CCN(c3nc4ccccc4s3)CC2)c1. The molecule has 1 N–H and O–H groups in total. The third-order valence-corrected chi connectivity index (χ3v) is 9.51. The summed E-state index contributed by atoms with van der Waals surface area (Å²) in [4.78, 5) is 33.2. The van der Waals surface area contributed by atoms with Crippen LogP contribution >= 0.6 is 11.3 Å². The van der Waals surface area contributed by atoms with Gasteiger partial charge in [0.2, 0.25) is 10.0 Å². The van der Waals surface area contributed by atoms with Crippen LogP contribution in [0.1, 0.15) is 15.9 Å². The number of carbonyl (C=O) groups is 2. The number of carboxylic acids is 1. The minimum Gasteiger partial charge on any atom is -0.481 e. The summed E-state index contributed by atoms with van der Waals surface area (Å²) in [7, 11) is -2.48. The fraction of sp³-hybridized carbons (Fsp3) is 0.250. The summed E-state index contributed by atoms with van der Waals surface area (Å²) in [5, 5.41) is 9.99. The number of nitrogens with zero attached hydrogens (tertiary/aromatic N) is 4. The van der Waals surface area contributed by atoms with Crippen molar-refractivity contribution in [2.24, 2.45) is 0 Å². The van der Waals surface area contributed by atoms with E-state index in [-0.39, 0.29) is 22.8 Å². The summed E-state index contributed by atoms with van der Waals surface area (Å²) in [5.41, 5.74) is 1.75. The molecule has 0 unspecified atom stereocenters. The topological polar surface area (TPSA) is 120 Å². The fourth-order valence-electron chi connectivity index (χ4n) is 4.47. The normalized spacial score (nSPS) is 14.1. The van der Waals surface area contributed by atoms with Crippen molar-refractivity contribution < 1.29 is 27.9 Å². The number of rotatable bonds is 9. The quantitative estimate of drug-likeness (QED) is 0.319. The van der Waals surface area contributed by atoms with E-state index in [4.69, 9.17) is 14.8 Å². The van der Waals surface area contributed by atoms with Gasteiger partial charge in [-0.2, -0.15) is 4.31 Å². The number of ether oxygens (including phenoxy) is 1.